The van der Waals surface area contributed by atoms with E-state index in [-0.39, 0.29) is 17.1 Å². The Labute approximate surface area is 159 Å². The summed E-state index contributed by atoms with van der Waals surface area (Å²) in [6.45, 7) is 0. The van der Waals surface area contributed by atoms with Crippen molar-refractivity contribution in [2.24, 2.45) is 0 Å². The van der Waals surface area contributed by atoms with E-state index in [2.05, 4.69) is 0 Å². The molecule has 0 spiro atoms. The Bertz CT molecular complexity index is 1180. The minimum absolute atomic E-state index is 0.139. The van der Waals surface area contributed by atoms with Gasteiger partial charge in [-0.2, -0.15) is 0 Å². The lowest BCUT2D eigenvalue weighted by atomic mass is 10.1. The number of fused-ring (bicyclic) bond motifs is 1. The molecule has 1 heterocycles. The predicted octanol–water partition coefficient (Wildman–Crippen LogP) is 5.33. The number of carbonyl (C=O) groups is 1. The zero-order chi connectivity index (χ0) is 18.8. The minimum atomic E-state index is -0.661. The van der Waals surface area contributed by atoms with Gasteiger partial charge in [0.2, 0.25) is 11.2 Å². The average Bonchev–Trinajstić information content (AvgIpc) is 2.71. The molecule has 0 unspecified atom stereocenters. The number of esters is 1. The molecular formula is C22H13ClO4. The van der Waals surface area contributed by atoms with Gasteiger partial charge in [-0.1, -0.05) is 54.1 Å². The number of para-hydroxylation sites is 1. The third-order valence-corrected chi connectivity index (χ3v) is 4.32. The van der Waals surface area contributed by atoms with Crippen molar-refractivity contribution in [2.75, 3.05) is 0 Å². The summed E-state index contributed by atoms with van der Waals surface area (Å²) in [5.41, 5.74) is 0.941. The van der Waals surface area contributed by atoms with Crippen LogP contribution in [-0.2, 0) is 0 Å². The Balaban J connectivity index is 1.87. The Hall–Kier alpha value is -3.37. The van der Waals surface area contributed by atoms with Crippen molar-refractivity contribution in [1.29, 1.82) is 0 Å². The van der Waals surface area contributed by atoms with E-state index >= 15 is 0 Å². The molecule has 1 aromatic heterocycles. The normalized spacial score (nSPS) is 10.7. The van der Waals surface area contributed by atoms with E-state index in [1.807, 2.05) is 18.2 Å². The van der Waals surface area contributed by atoms with Gasteiger partial charge >= 0.3 is 5.97 Å². The first kappa shape index (κ1) is 17.1. The highest BCUT2D eigenvalue weighted by atomic mass is 35.5. The van der Waals surface area contributed by atoms with Gasteiger partial charge in [0.05, 0.1) is 10.9 Å². The molecular weight excluding hydrogens is 364 g/mol. The van der Waals surface area contributed by atoms with Gasteiger partial charge in [0, 0.05) is 10.6 Å². The standard InChI is InChI=1S/C22H13ClO4/c23-16-12-10-15(11-13-16)22(25)27-21-19(24)17-8-4-5-9-18(17)26-20(21)14-6-2-1-3-7-14/h1-13H. The van der Waals surface area contributed by atoms with E-state index in [4.69, 9.17) is 20.8 Å². The van der Waals surface area contributed by atoms with Crippen LogP contribution in [0.1, 0.15) is 10.4 Å². The van der Waals surface area contributed by atoms with Crippen LogP contribution in [0.25, 0.3) is 22.3 Å². The molecule has 0 fully saturated rings. The van der Waals surface area contributed by atoms with Gasteiger partial charge < -0.3 is 9.15 Å². The Morgan fingerprint density at radius 3 is 2.26 bits per heavy atom. The predicted molar refractivity (Wildman–Crippen MR) is 104 cm³/mol. The van der Waals surface area contributed by atoms with Crippen LogP contribution in [0.15, 0.2) is 88.1 Å². The highest BCUT2D eigenvalue weighted by molar-refractivity contribution is 6.30. The molecule has 0 saturated heterocycles. The van der Waals surface area contributed by atoms with Gasteiger partial charge in [-0.05, 0) is 36.4 Å². The molecule has 0 aliphatic heterocycles. The van der Waals surface area contributed by atoms with Crippen molar-refractivity contribution in [3.63, 3.8) is 0 Å². The van der Waals surface area contributed by atoms with Crippen LogP contribution in [-0.4, -0.2) is 5.97 Å². The highest BCUT2D eigenvalue weighted by Crippen LogP contribution is 2.31. The van der Waals surface area contributed by atoms with Gasteiger partial charge in [-0.3, -0.25) is 4.79 Å². The van der Waals surface area contributed by atoms with Gasteiger partial charge in [0.1, 0.15) is 5.58 Å². The molecule has 4 aromatic rings. The van der Waals surface area contributed by atoms with E-state index < -0.39 is 11.4 Å². The molecule has 0 aliphatic rings. The summed E-state index contributed by atoms with van der Waals surface area (Å²) < 4.78 is 11.4. The van der Waals surface area contributed by atoms with Gasteiger partial charge in [0.15, 0.2) is 5.76 Å². The van der Waals surface area contributed by atoms with Crippen LogP contribution in [0.2, 0.25) is 5.02 Å². The molecule has 0 amide bonds. The number of carbonyl (C=O) groups excluding carboxylic acids is 1. The summed E-state index contributed by atoms with van der Waals surface area (Å²) >= 11 is 5.86. The number of benzene rings is 3. The lowest BCUT2D eigenvalue weighted by Crippen LogP contribution is -2.16. The van der Waals surface area contributed by atoms with Crippen LogP contribution in [0, 0.1) is 0 Å². The van der Waals surface area contributed by atoms with Gasteiger partial charge in [-0.25, -0.2) is 4.79 Å². The third kappa shape index (κ3) is 3.35. The average molecular weight is 377 g/mol. The lowest BCUT2D eigenvalue weighted by Gasteiger charge is -2.10. The summed E-state index contributed by atoms with van der Waals surface area (Å²) in [4.78, 5) is 25.5. The number of rotatable bonds is 3. The van der Waals surface area contributed by atoms with Crippen molar-refractivity contribution < 1.29 is 13.9 Å². The van der Waals surface area contributed by atoms with Gasteiger partial charge in [-0.15, -0.1) is 0 Å². The Kier molecular flexibility index (Phi) is 4.48. The van der Waals surface area contributed by atoms with E-state index in [1.165, 1.54) is 12.1 Å². The van der Waals surface area contributed by atoms with Gasteiger partial charge in [0.25, 0.3) is 0 Å². The molecule has 3 aromatic carbocycles. The zero-order valence-electron chi connectivity index (χ0n) is 14.0. The molecule has 0 bridgehead atoms. The lowest BCUT2D eigenvalue weighted by molar-refractivity contribution is 0.0731. The molecule has 132 valence electrons. The molecule has 0 aliphatic carbocycles. The second kappa shape index (κ2) is 7.09. The largest absolute Gasteiger partial charge is 0.452 e. The second-order valence-corrected chi connectivity index (χ2v) is 6.28. The van der Waals surface area contributed by atoms with Crippen molar-refractivity contribution >= 4 is 28.5 Å². The SMILES string of the molecule is O=C(Oc1c(-c2ccccc2)oc2ccccc2c1=O)c1ccc(Cl)cc1. The van der Waals surface area contributed by atoms with Crippen LogP contribution < -0.4 is 10.2 Å². The summed E-state index contributed by atoms with van der Waals surface area (Å²) in [6.07, 6.45) is 0. The van der Waals surface area contributed by atoms with Crippen molar-refractivity contribution in [2.45, 2.75) is 0 Å². The first-order valence-corrected chi connectivity index (χ1v) is 8.60. The molecule has 4 nitrogen and oxygen atoms in total. The number of halogens is 1. The quantitative estimate of drug-likeness (QED) is 0.453. The topological polar surface area (TPSA) is 56.5 Å². The maximum Gasteiger partial charge on any atom is 0.343 e. The number of ether oxygens (including phenoxy) is 1. The number of hydrogen-bond donors (Lipinski definition) is 0. The minimum Gasteiger partial charge on any atom is -0.452 e. The third-order valence-electron chi connectivity index (χ3n) is 4.07. The number of hydrogen-bond acceptors (Lipinski definition) is 4. The van der Waals surface area contributed by atoms with Crippen molar-refractivity contribution in [1.82, 2.24) is 0 Å². The highest BCUT2D eigenvalue weighted by Gasteiger charge is 2.21. The molecule has 0 atom stereocenters. The Morgan fingerprint density at radius 2 is 1.52 bits per heavy atom. The summed E-state index contributed by atoms with van der Waals surface area (Å²) in [7, 11) is 0. The molecule has 0 saturated carbocycles. The zero-order valence-corrected chi connectivity index (χ0v) is 14.8. The molecule has 4 rings (SSSR count). The van der Waals surface area contributed by atoms with Crippen LogP contribution in [0.5, 0.6) is 5.75 Å². The molecule has 0 radical (unpaired) electrons. The van der Waals surface area contributed by atoms with Crippen LogP contribution in [0.4, 0.5) is 0 Å². The van der Waals surface area contributed by atoms with Crippen molar-refractivity contribution in [3.05, 3.63) is 99.7 Å². The fraction of sp³-hybridized carbons (Fsp3) is 0. The first-order chi connectivity index (χ1) is 13.1. The molecule has 5 heteroatoms. The second-order valence-electron chi connectivity index (χ2n) is 5.85. The maximum absolute atomic E-state index is 13.0. The van der Waals surface area contributed by atoms with E-state index in [9.17, 15) is 9.59 Å². The molecule has 27 heavy (non-hydrogen) atoms. The monoisotopic (exact) mass is 376 g/mol. The van der Waals surface area contributed by atoms with E-state index in [0.717, 1.165) is 0 Å². The van der Waals surface area contributed by atoms with Crippen molar-refractivity contribution in [3.8, 4) is 17.1 Å². The van der Waals surface area contributed by atoms with E-state index in [1.54, 1.807) is 48.5 Å². The summed E-state index contributed by atoms with van der Waals surface area (Å²) in [5.74, 6) is -0.590. The van der Waals surface area contributed by atoms with Crippen LogP contribution >= 0.6 is 11.6 Å². The first-order valence-electron chi connectivity index (χ1n) is 8.22. The molecule has 0 N–H and O–H groups in total. The van der Waals surface area contributed by atoms with E-state index in [0.29, 0.717) is 21.6 Å². The van der Waals surface area contributed by atoms with Crippen LogP contribution in [0.3, 0.4) is 0 Å². The smallest absolute Gasteiger partial charge is 0.343 e. The fourth-order valence-corrected chi connectivity index (χ4v) is 2.86. The summed E-state index contributed by atoms with van der Waals surface area (Å²) in [5, 5.41) is 0.845. The Morgan fingerprint density at radius 1 is 0.852 bits per heavy atom. The summed E-state index contributed by atoms with van der Waals surface area (Å²) in [6, 6.07) is 22.1. The fourth-order valence-electron chi connectivity index (χ4n) is 2.73. The maximum atomic E-state index is 13.0.